The fourth-order valence-electron chi connectivity index (χ4n) is 1.41. The summed E-state index contributed by atoms with van der Waals surface area (Å²) in [6.07, 6.45) is 3.32. The van der Waals surface area contributed by atoms with E-state index in [4.69, 9.17) is 16.7 Å². The molecule has 1 aromatic heterocycles. The van der Waals surface area contributed by atoms with Crippen molar-refractivity contribution in [3.63, 3.8) is 0 Å². The van der Waals surface area contributed by atoms with Crippen LogP contribution in [0.2, 0.25) is 4.47 Å². The number of carboxylic acid groups (broad SMARTS) is 1. The Kier molecular flexibility index (Phi) is 2.26. The Labute approximate surface area is 84.4 Å². The second-order valence-electron chi connectivity index (χ2n) is 3.11. The van der Waals surface area contributed by atoms with Gasteiger partial charge in [0.1, 0.15) is 0 Å². The molecular formula is C8H8ClNO2S. The van der Waals surface area contributed by atoms with Gasteiger partial charge in [-0.05, 0) is 18.8 Å². The third-order valence-corrected chi connectivity index (χ3v) is 3.63. The van der Waals surface area contributed by atoms with Crippen LogP contribution in [0.1, 0.15) is 40.5 Å². The SMILES string of the molecule is O=C(O)c1nc(Cl)sc1C1CCC1. The van der Waals surface area contributed by atoms with Gasteiger partial charge in [-0.1, -0.05) is 18.0 Å². The molecule has 1 aliphatic rings. The monoisotopic (exact) mass is 217 g/mol. The Balaban J connectivity index is 2.36. The molecule has 1 aromatic rings. The van der Waals surface area contributed by atoms with E-state index < -0.39 is 5.97 Å². The minimum Gasteiger partial charge on any atom is -0.476 e. The van der Waals surface area contributed by atoms with Gasteiger partial charge in [0.2, 0.25) is 0 Å². The predicted octanol–water partition coefficient (Wildman–Crippen LogP) is 2.76. The average molecular weight is 218 g/mol. The van der Waals surface area contributed by atoms with E-state index in [0.29, 0.717) is 10.4 Å². The molecule has 0 radical (unpaired) electrons. The first-order valence-electron chi connectivity index (χ1n) is 4.08. The molecule has 0 aromatic carbocycles. The van der Waals surface area contributed by atoms with Gasteiger partial charge in [-0.3, -0.25) is 0 Å². The first-order chi connectivity index (χ1) is 6.18. The van der Waals surface area contributed by atoms with Crippen molar-refractivity contribution in [1.82, 2.24) is 4.98 Å². The highest BCUT2D eigenvalue weighted by molar-refractivity contribution is 7.16. The summed E-state index contributed by atoms with van der Waals surface area (Å²) in [7, 11) is 0. The zero-order valence-corrected chi connectivity index (χ0v) is 8.36. The molecule has 1 heterocycles. The number of hydrogen-bond acceptors (Lipinski definition) is 3. The molecule has 0 unspecified atom stereocenters. The molecule has 3 nitrogen and oxygen atoms in total. The molecule has 1 N–H and O–H groups in total. The summed E-state index contributed by atoms with van der Waals surface area (Å²) in [5, 5.41) is 8.83. The highest BCUT2D eigenvalue weighted by Gasteiger charge is 2.28. The molecule has 0 aliphatic heterocycles. The topological polar surface area (TPSA) is 50.2 Å². The quantitative estimate of drug-likeness (QED) is 0.829. The smallest absolute Gasteiger partial charge is 0.355 e. The van der Waals surface area contributed by atoms with E-state index in [9.17, 15) is 4.79 Å². The minimum atomic E-state index is -0.968. The first kappa shape index (κ1) is 8.97. The van der Waals surface area contributed by atoms with Crippen LogP contribution in [0.25, 0.3) is 0 Å². The van der Waals surface area contributed by atoms with Gasteiger partial charge >= 0.3 is 5.97 Å². The van der Waals surface area contributed by atoms with Crippen molar-refractivity contribution in [1.29, 1.82) is 0 Å². The first-order valence-corrected chi connectivity index (χ1v) is 5.27. The van der Waals surface area contributed by atoms with Crippen molar-refractivity contribution in [3.8, 4) is 0 Å². The van der Waals surface area contributed by atoms with Gasteiger partial charge in [0.25, 0.3) is 0 Å². The lowest BCUT2D eigenvalue weighted by molar-refractivity contribution is 0.0689. The molecule has 70 valence electrons. The fraction of sp³-hybridized carbons (Fsp3) is 0.500. The summed E-state index contributed by atoms with van der Waals surface area (Å²) in [5.41, 5.74) is 0.153. The zero-order valence-electron chi connectivity index (χ0n) is 6.79. The van der Waals surface area contributed by atoms with Gasteiger partial charge in [0.05, 0.1) is 0 Å². The molecule has 1 aliphatic carbocycles. The third-order valence-electron chi connectivity index (χ3n) is 2.31. The number of nitrogens with zero attached hydrogens (tertiary/aromatic N) is 1. The fourth-order valence-corrected chi connectivity index (χ4v) is 2.69. The lowest BCUT2D eigenvalue weighted by Crippen LogP contribution is -2.11. The number of aromatic nitrogens is 1. The van der Waals surface area contributed by atoms with Crippen LogP contribution >= 0.6 is 22.9 Å². The summed E-state index contributed by atoms with van der Waals surface area (Å²) in [6, 6.07) is 0. The zero-order chi connectivity index (χ0) is 9.42. The maximum absolute atomic E-state index is 10.8. The van der Waals surface area contributed by atoms with Gasteiger partial charge in [0, 0.05) is 4.88 Å². The molecule has 1 saturated carbocycles. The van der Waals surface area contributed by atoms with E-state index >= 15 is 0 Å². The van der Waals surface area contributed by atoms with Crippen molar-refractivity contribution in [2.24, 2.45) is 0 Å². The van der Waals surface area contributed by atoms with Crippen LogP contribution in [-0.2, 0) is 0 Å². The standard InChI is InChI=1S/C8H8ClNO2S/c9-8-10-5(7(11)12)6(13-8)4-2-1-3-4/h4H,1-3H2,(H,11,12). The van der Waals surface area contributed by atoms with E-state index in [1.54, 1.807) is 0 Å². The number of carbonyl (C=O) groups is 1. The molecule has 0 amide bonds. The van der Waals surface area contributed by atoms with Crippen molar-refractivity contribution in [3.05, 3.63) is 15.0 Å². The number of thiazole rings is 1. The van der Waals surface area contributed by atoms with Crippen LogP contribution in [0.5, 0.6) is 0 Å². The summed E-state index contributed by atoms with van der Waals surface area (Å²) in [4.78, 5) is 15.4. The van der Waals surface area contributed by atoms with E-state index in [1.807, 2.05) is 0 Å². The minimum absolute atomic E-state index is 0.153. The van der Waals surface area contributed by atoms with E-state index in [0.717, 1.165) is 17.7 Å². The van der Waals surface area contributed by atoms with Crippen molar-refractivity contribution >= 4 is 28.9 Å². The summed E-state index contributed by atoms with van der Waals surface area (Å²) >= 11 is 6.98. The van der Waals surface area contributed by atoms with Crippen LogP contribution < -0.4 is 0 Å². The normalized spacial score (nSPS) is 17.0. The molecule has 0 bridgehead atoms. The molecule has 0 atom stereocenters. The Morgan fingerprint density at radius 3 is 2.77 bits per heavy atom. The largest absolute Gasteiger partial charge is 0.476 e. The van der Waals surface area contributed by atoms with Gasteiger partial charge < -0.3 is 5.11 Å². The van der Waals surface area contributed by atoms with Gasteiger partial charge in [-0.25, -0.2) is 9.78 Å². The lowest BCUT2D eigenvalue weighted by Gasteiger charge is -2.23. The maximum atomic E-state index is 10.8. The molecule has 5 heteroatoms. The number of halogens is 1. The van der Waals surface area contributed by atoms with E-state index in [2.05, 4.69) is 4.98 Å². The second-order valence-corrected chi connectivity index (χ2v) is 4.73. The molecular weight excluding hydrogens is 210 g/mol. The Bertz CT molecular complexity index is 346. The summed E-state index contributed by atoms with van der Waals surface area (Å²) in [5.74, 6) is -0.582. The number of rotatable bonds is 2. The van der Waals surface area contributed by atoms with Gasteiger partial charge in [0.15, 0.2) is 10.2 Å². The Morgan fingerprint density at radius 2 is 2.31 bits per heavy atom. The predicted molar refractivity (Wildman–Crippen MR) is 50.7 cm³/mol. The van der Waals surface area contributed by atoms with Crippen LogP contribution in [0.3, 0.4) is 0 Å². The Hall–Kier alpha value is -0.610. The third kappa shape index (κ3) is 1.56. The van der Waals surface area contributed by atoms with Crippen molar-refractivity contribution < 1.29 is 9.90 Å². The number of aromatic carboxylic acids is 1. The van der Waals surface area contributed by atoms with Gasteiger partial charge in [-0.2, -0.15) is 0 Å². The van der Waals surface area contributed by atoms with Crippen molar-refractivity contribution in [2.45, 2.75) is 25.2 Å². The molecule has 13 heavy (non-hydrogen) atoms. The van der Waals surface area contributed by atoms with Gasteiger partial charge in [-0.15, -0.1) is 11.3 Å². The number of carboxylic acids is 1. The second kappa shape index (κ2) is 3.27. The molecule has 0 saturated heterocycles. The highest BCUT2D eigenvalue weighted by atomic mass is 35.5. The van der Waals surface area contributed by atoms with Crippen LogP contribution in [0.4, 0.5) is 0 Å². The van der Waals surface area contributed by atoms with E-state index in [-0.39, 0.29) is 5.69 Å². The maximum Gasteiger partial charge on any atom is 0.355 e. The molecule has 2 rings (SSSR count). The van der Waals surface area contributed by atoms with E-state index in [1.165, 1.54) is 17.8 Å². The molecule has 1 fully saturated rings. The highest BCUT2D eigenvalue weighted by Crippen LogP contribution is 2.41. The lowest BCUT2D eigenvalue weighted by atomic mass is 9.84. The van der Waals surface area contributed by atoms with Crippen molar-refractivity contribution in [2.75, 3.05) is 0 Å². The average Bonchev–Trinajstić information content (AvgIpc) is 2.27. The Morgan fingerprint density at radius 1 is 1.62 bits per heavy atom. The van der Waals surface area contributed by atoms with Crippen LogP contribution in [0.15, 0.2) is 0 Å². The summed E-state index contributed by atoms with van der Waals surface area (Å²) in [6.45, 7) is 0. The summed E-state index contributed by atoms with van der Waals surface area (Å²) < 4.78 is 0.333. The number of hydrogen-bond donors (Lipinski definition) is 1. The van der Waals surface area contributed by atoms with Crippen LogP contribution in [0, 0.1) is 0 Å². The van der Waals surface area contributed by atoms with Crippen LogP contribution in [-0.4, -0.2) is 16.1 Å². The molecule has 0 spiro atoms.